The summed E-state index contributed by atoms with van der Waals surface area (Å²) in [4.78, 5) is 12.9. The van der Waals surface area contributed by atoms with Crippen molar-refractivity contribution in [2.45, 2.75) is 545 Å². The molecule has 0 aliphatic heterocycles. The molecule has 3 heteroatoms. The fourth-order valence-corrected chi connectivity index (χ4v) is 17.5. The zero-order valence-electron chi connectivity index (χ0n) is 82.5. The van der Waals surface area contributed by atoms with Crippen LogP contribution in [0.25, 0.3) is 0 Å². The van der Waals surface area contributed by atoms with Crippen molar-refractivity contribution in [3.63, 3.8) is 0 Å². The Labute approximate surface area is 766 Å². The molecular formula is C118H200N2Ni+2. The summed E-state index contributed by atoms with van der Waals surface area (Å²) >= 11 is 0. The van der Waals surface area contributed by atoms with Gasteiger partial charge in [-0.15, -0.1) is 0 Å². The van der Waals surface area contributed by atoms with Crippen molar-refractivity contribution in [2.24, 2.45) is 9.98 Å². The normalized spacial score (nSPS) is 12.6. The second-order valence-electron chi connectivity index (χ2n) is 36.0. The monoisotopic (exact) mass is 1700 g/mol. The minimum absolute atomic E-state index is 0. The Hall–Kier alpha value is -4.33. The zero-order valence-corrected chi connectivity index (χ0v) is 83.4. The van der Waals surface area contributed by atoms with Crippen LogP contribution in [0.2, 0.25) is 0 Å². The van der Waals surface area contributed by atoms with E-state index in [9.17, 15) is 0 Å². The SMILES string of the molecule is CCCCCC/C=C/CCc1c(CC/C=C/CCCCCC)c(CC/C=C/CCCCCC)c(/N=C/C(CCCC)=N/c2c(CC/C=C/CCCCCC)c(CC/C=C/CCCCCC)c(CC/C=C/CCCCCC)c(CC/C=C/CCCCCC)c2CC/C=C/CCCCCC)c(CC/C=C/CCCCCC)c1CC/C=C/CCCCCC.[Ni+2]. The Morgan fingerprint density at radius 2 is 0.314 bits per heavy atom. The summed E-state index contributed by atoms with van der Waals surface area (Å²) < 4.78 is 0. The molecule has 0 bridgehead atoms. The van der Waals surface area contributed by atoms with E-state index in [4.69, 9.17) is 9.98 Å². The van der Waals surface area contributed by atoms with E-state index in [1.54, 1.807) is 55.6 Å². The van der Waals surface area contributed by atoms with Crippen molar-refractivity contribution in [3.8, 4) is 0 Å². The molecule has 690 valence electrons. The van der Waals surface area contributed by atoms with Crippen LogP contribution in [0.3, 0.4) is 0 Å². The Morgan fingerprint density at radius 3 is 0.488 bits per heavy atom. The molecule has 2 aromatic rings. The van der Waals surface area contributed by atoms with Gasteiger partial charge in [-0.05, 0) is 325 Å². The summed E-state index contributed by atoms with van der Waals surface area (Å²) in [7, 11) is 0. The Bertz CT molecular complexity index is 2890. The van der Waals surface area contributed by atoms with Gasteiger partial charge < -0.3 is 0 Å². The van der Waals surface area contributed by atoms with E-state index in [0.29, 0.717) is 0 Å². The van der Waals surface area contributed by atoms with Crippen LogP contribution >= 0.6 is 0 Å². The van der Waals surface area contributed by atoms with E-state index in [2.05, 4.69) is 204 Å². The molecule has 2 rings (SSSR count). The second kappa shape index (κ2) is 89.1. The van der Waals surface area contributed by atoms with Gasteiger partial charge in [0.05, 0.1) is 17.1 Å². The van der Waals surface area contributed by atoms with Crippen LogP contribution in [0.5, 0.6) is 0 Å². The van der Waals surface area contributed by atoms with Crippen LogP contribution in [0.1, 0.15) is 536 Å². The van der Waals surface area contributed by atoms with Gasteiger partial charge in [0.1, 0.15) is 0 Å². The third kappa shape index (κ3) is 60.9. The smallest absolute Gasteiger partial charge is 0.254 e. The first-order chi connectivity index (χ1) is 59.4. The minimum atomic E-state index is 0. The summed E-state index contributed by atoms with van der Waals surface area (Å²) in [6, 6.07) is 0. The van der Waals surface area contributed by atoms with Crippen LogP contribution in [0.4, 0.5) is 11.4 Å². The third-order valence-electron chi connectivity index (χ3n) is 25.0. The molecule has 2 aromatic carbocycles. The number of unbranched alkanes of at least 4 members (excludes halogenated alkanes) is 41. The number of allylic oxidation sites excluding steroid dienone is 20. The summed E-state index contributed by atoms with van der Waals surface area (Å²) in [5.41, 5.74) is 19.9. The van der Waals surface area contributed by atoms with E-state index in [-0.39, 0.29) is 16.5 Å². The minimum Gasteiger partial charge on any atom is -0.254 e. The standard InChI is InChI=1S/C118H200N2.Ni/c1-12-23-34-44-54-64-74-84-95-107-109(97-86-76-66-56-46-36-25-14-3)113(101-90-80-70-60-50-40-29-18-7)117(114(102-91-81-71-61-51-41-30-19-8)110(107)98-87-77-67-57-47-37-26-15-4)119-105-106(94-33-22-11)120-118-115(103-92-82-72-62-52-42-31-20-9)111(99-88-78-68-58-48-38-27-16-5)108(96-85-75-65-55-45-35-24-13-2)112(100-89-79-69-59-49-39-28-17-6)116(118)104-93-83-73-63-53-43-32-21-10;/h64-83,105H,12-63,84-104H2,1-11H3;/q;+2/b74-64+,75-65+,76-66+,77-67+,78-68+,79-69+,80-70+,81-71+,82-72+,83-73+,119-105+,120-106+;. The number of benzene rings is 2. The van der Waals surface area contributed by atoms with Crippen LogP contribution < -0.4 is 0 Å². The van der Waals surface area contributed by atoms with Crippen LogP contribution in [0, 0.1) is 0 Å². The maximum atomic E-state index is 6.54. The van der Waals surface area contributed by atoms with Gasteiger partial charge in [0.15, 0.2) is 0 Å². The number of nitrogens with zero attached hydrogens (tertiary/aromatic N) is 2. The molecule has 0 atom stereocenters. The number of hydrogen-bond acceptors (Lipinski definition) is 2. The molecule has 0 amide bonds. The van der Waals surface area contributed by atoms with Gasteiger partial charge in [-0.2, -0.15) is 0 Å². The van der Waals surface area contributed by atoms with Gasteiger partial charge in [0.25, 0.3) is 0 Å². The topological polar surface area (TPSA) is 24.7 Å². The van der Waals surface area contributed by atoms with Crippen LogP contribution in [0.15, 0.2) is 132 Å². The van der Waals surface area contributed by atoms with Gasteiger partial charge in [-0.25, -0.2) is 0 Å². The van der Waals surface area contributed by atoms with Gasteiger partial charge in [-0.1, -0.05) is 397 Å². The fraction of sp³-hybridized carbons (Fsp3) is 0.712. The average Bonchev–Trinajstić information content (AvgIpc) is 0.770. The maximum absolute atomic E-state index is 6.54. The predicted octanol–water partition coefficient (Wildman–Crippen LogP) is 39.9. The molecule has 0 unspecified atom stereocenters. The molecule has 0 aromatic heterocycles. The van der Waals surface area contributed by atoms with Crippen molar-refractivity contribution in [1.29, 1.82) is 0 Å². The molecule has 0 saturated carbocycles. The van der Waals surface area contributed by atoms with Crippen molar-refractivity contribution in [1.82, 2.24) is 0 Å². The number of rotatable bonds is 86. The largest absolute Gasteiger partial charge is 2.00 e. The van der Waals surface area contributed by atoms with E-state index in [1.807, 2.05) is 0 Å². The number of hydrogen-bond donors (Lipinski definition) is 0. The van der Waals surface area contributed by atoms with Crippen LogP contribution in [-0.4, -0.2) is 11.9 Å². The predicted molar refractivity (Wildman–Crippen MR) is 550 cm³/mol. The van der Waals surface area contributed by atoms with Crippen molar-refractivity contribution in [2.75, 3.05) is 0 Å². The third-order valence-corrected chi connectivity index (χ3v) is 25.0. The molecule has 2 nitrogen and oxygen atoms in total. The fourth-order valence-electron chi connectivity index (χ4n) is 17.5. The Kier molecular flexibility index (Phi) is 84.4. The maximum Gasteiger partial charge on any atom is 2.00 e. The molecular weight excluding hydrogens is 1500 g/mol. The molecule has 0 saturated heterocycles. The molecule has 0 N–H and O–H groups in total. The summed E-state index contributed by atoms with van der Waals surface area (Å²) in [6.45, 7) is 25.9. The van der Waals surface area contributed by atoms with Gasteiger partial charge >= 0.3 is 16.5 Å². The van der Waals surface area contributed by atoms with E-state index >= 15 is 0 Å². The summed E-state index contributed by atoms with van der Waals surface area (Å²) in [5.74, 6) is 0. The molecule has 0 aliphatic rings. The van der Waals surface area contributed by atoms with E-state index in [0.717, 1.165) is 148 Å². The Morgan fingerprint density at radius 1 is 0.165 bits per heavy atom. The van der Waals surface area contributed by atoms with Gasteiger partial charge in [0.2, 0.25) is 0 Å². The summed E-state index contributed by atoms with van der Waals surface area (Å²) in [5, 5.41) is 0. The van der Waals surface area contributed by atoms with Crippen molar-refractivity contribution >= 4 is 23.3 Å². The summed E-state index contributed by atoms with van der Waals surface area (Å²) in [6.07, 6.45) is 142. The van der Waals surface area contributed by atoms with Crippen molar-refractivity contribution in [3.05, 3.63) is 177 Å². The Balaban J connectivity index is 0.0000732. The second-order valence-corrected chi connectivity index (χ2v) is 36.0. The first-order valence-electron chi connectivity index (χ1n) is 53.4. The van der Waals surface area contributed by atoms with E-state index < -0.39 is 0 Å². The van der Waals surface area contributed by atoms with Crippen LogP contribution in [-0.2, 0) is 80.7 Å². The van der Waals surface area contributed by atoms with Gasteiger partial charge in [-0.3, -0.25) is 9.98 Å². The first kappa shape index (κ1) is 115. The number of aliphatic imine (C=N–C) groups is 2. The average molecular weight is 1710 g/mol. The van der Waals surface area contributed by atoms with Crippen molar-refractivity contribution < 1.29 is 16.5 Å². The van der Waals surface area contributed by atoms with Gasteiger partial charge in [0, 0.05) is 6.21 Å². The molecule has 0 spiro atoms. The molecule has 0 aliphatic carbocycles. The zero-order chi connectivity index (χ0) is 86.4. The van der Waals surface area contributed by atoms with E-state index in [1.165, 1.54) is 338 Å². The quantitative estimate of drug-likeness (QED) is 0.0273. The molecule has 0 fully saturated rings. The molecule has 0 radical (unpaired) electrons. The molecule has 0 heterocycles. The molecule has 121 heavy (non-hydrogen) atoms. The first-order valence-corrected chi connectivity index (χ1v) is 53.4.